The molecule has 0 saturated heterocycles. The first-order valence-electron chi connectivity index (χ1n) is 7.31. The van der Waals surface area contributed by atoms with Crippen LogP contribution in [-0.4, -0.2) is 22.3 Å². The Morgan fingerprint density at radius 2 is 1.88 bits per heavy atom. The van der Waals surface area contributed by atoms with Crippen LogP contribution in [0.1, 0.15) is 28.4 Å². The number of carbonyl (C=O) groups excluding carboxylic acids is 1. The summed E-state index contributed by atoms with van der Waals surface area (Å²) in [5, 5.41) is 11.8. The average Bonchev–Trinajstić information content (AvgIpc) is 2.54. The largest absolute Gasteiger partial charge is 0.335 e. The highest BCUT2D eigenvalue weighted by Gasteiger charge is 2.18. The van der Waals surface area contributed by atoms with Gasteiger partial charge < -0.3 is 4.90 Å². The van der Waals surface area contributed by atoms with Crippen LogP contribution < -0.4 is 0 Å². The molecule has 0 heterocycles. The van der Waals surface area contributed by atoms with Gasteiger partial charge in [0.1, 0.15) is 0 Å². The molecule has 0 aliphatic heterocycles. The van der Waals surface area contributed by atoms with E-state index in [1.807, 2.05) is 13.0 Å². The first kappa shape index (κ1) is 18.2. The number of nitrogens with zero attached hydrogens (tertiary/aromatic N) is 2. The normalized spacial score (nSPS) is 10.5. The lowest BCUT2D eigenvalue weighted by Crippen LogP contribution is -2.30. The van der Waals surface area contributed by atoms with Crippen molar-refractivity contribution in [1.82, 2.24) is 4.90 Å². The van der Waals surface area contributed by atoms with Gasteiger partial charge in [-0.25, -0.2) is 0 Å². The van der Waals surface area contributed by atoms with Crippen molar-refractivity contribution in [2.24, 2.45) is 0 Å². The summed E-state index contributed by atoms with van der Waals surface area (Å²) in [5.41, 5.74) is 1.73. The Morgan fingerprint density at radius 3 is 2.42 bits per heavy atom. The summed E-state index contributed by atoms with van der Waals surface area (Å²) >= 11 is 11.9. The average molecular weight is 367 g/mol. The molecule has 2 rings (SSSR count). The Morgan fingerprint density at radius 1 is 1.17 bits per heavy atom. The first-order valence-corrected chi connectivity index (χ1v) is 8.07. The summed E-state index contributed by atoms with van der Waals surface area (Å²) in [6.07, 6.45) is 0. The van der Waals surface area contributed by atoms with Crippen LogP contribution >= 0.6 is 23.2 Å². The third kappa shape index (κ3) is 4.04. The quantitative estimate of drug-likeness (QED) is 0.559. The number of amides is 1. The molecule has 0 spiro atoms. The number of rotatable bonds is 5. The molecule has 24 heavy (non-hydrogen) atoms. The Labute approximate surface area is 149 Å². The number of hydrogen-bond acceptors (Lipinski definition) is 3. The molecule has 0 unspecified atom stereocenters. The summed E-state index contributed by atoms with van der Waals surface area (Å²) in [6.45, 7) is 4.36. The van der Waals surface area contributed by atoms with E-state index in [1.54, 1.807) is 24.0 Å². The van der Waals surface area contributed by atoms with Crippen molar-refractivity contribution in [3.63, 3.8) is 0 Å². The Balaban J connectivity index is 2.23. The predicted molar refractivity (Wildman–Crippen MR) is 94.7 cm³/mol. The molecular formula is C17H16Cl2N2O3. The summed E-state index contributed by atoms with van der Waals surface area (Å²) in [7, 11) is 0. The van der Waals surface area contributed by atoms with Gasteiger partial charge in [-0.3, -0.25) is 14.9 Å². The molecule has 0 bridgehead atoms. The van der Waals surface area contributed by atoms with Gasteiger partial charge in [-0.05, 0) is 43.7 Å². The van der Waals surface area contributed by atoms with Crippen molar-refractivity contribution in [2.75, 3.05) is 6.54 Å². The fraction of sp³-hybridized carbons (Fsp3) is 0.235. The Kier molecular flexibility index (Phi) is 5.80. The highest BCUT2D eigenvalue weighted by molar-refractivity contribution is 6.42. The summed E-state index contributed by atoms with van der Waals surface area (Å²) < 4.78 is 0. The van der Waals surface area contributed by atoms with E-state index in [0.29, 0.717) is 34.3 Å². The van der Waals surface area contributed by atoms with Crippen molar-refractivity contribution in [3.05, 3.63) is 73.2 Å². The van der Waals surface area contributed by atoms with Crippen molar-refractivity contribution in [2.45, 2.75) is 20.4 Å². The maximum absolute atomic E-state index is 12.7. The van der Waals surface area contributed by atoms with Gasteiger partial charge in [0.25, 0.3) is 11.6 Å². The number of halogens is 2. The van der Waals surface area contributed by atoms with E-state index in [1.165, 1.54) is 18.2 Å². The number of hydrogen-bond donors (Lipinski definition) is 0. The van der Waals surface area contributed by atoms with Gasteiger partial charge in [-0.2, -0.15) is 0 Å². The molecule has 0 aromatic heterocycles. The molecule has 0 N–H and O–H groups in total. The molecule has 7 heteroatoms. The minimum atomic E-state index is -0.461. The zero-order valence-electron chi connectivity index (χ0n) is 13.3. The molecular weight excluding hydrogens is 351 g/mol. The van der Waals surface area contributed by atoms with Crippen molar-refractivity contribution in [3.8, 4) is 0 Å². The molecule has 5 nitrogen and oxygen atoms in total. The van der Waals surface area contributed by atoms with E-state index in [-0.39, 0.29) is 11.6 Å². The van der Waals surface area contributed by atoms with E-state index in [2.05, 4.69) is 0 Å². The number of aryl methyl sites for hydroxylation is 1. The topological polar surface area (TPSA) is 63.5 Å². The van der Waals surface area contributed by atoms with Gasteiger partial charge in [-0.15, -0.1) is 0 Å². The van der Waals surface area contributed by atoms with E-state index in [4.69, 9.17) is 23.2 Å². The van der Waals surface area contributed by atoms with Crippen LogP contribution in [-0.2, 0) is 6.54 Å². The highest BCUT2D eigenvalue weighted by atomic mass is 35.5. The third-order valence-electron chi connectivity index (χ3n) is 3.67. The maximum atomic E-state index is 12.7. The lowest BCUT2D eigenvalue weighted by Gasteiger charge is -2.21. The van der Waals surface area contributed by atoms with E-state index < -0.39 is 4.92 Å². The fourth-order valence-electron chi connectivity index (χ4n) is 2.36. The second-order valence-electron chi connectivity index (χ2n) is 5.33. The third-order valence-corrected chi connectivity index (χ3v) is 4.41. The van der Waals surface area contributed by atoms with Gasteiger partial charge >= 0.3 is 0 Å². The van der Waals surface area contributed by atoms with Gasteiger partial charge in [-0.1, -0.05) is 29.3 Å². The van der Waals surface area contributed by atoms with Gasteiger partial charge in [0.15, 0.2) is 0 Å². The maximum Gasteiger partial charge on any atom is 0.272 e. The first-order chi connectivity index (χ1) is 11.3. The second kappa shape index (κ2) is 7.64. The van der Waals surface area contributed by atoms with E-state index >= 15 is 0 Å². The monoisotopic (exact) mass is 366 g/mol. The minimum absolute atomic E-state index is 0.000850. The predicted octanol–water partition coefficient (Wildman–Crippen LogP) is 4.87. The van der Waals surface area contributed by atoms with Gasteiger partial charge in [0, 0.05) is 30.3 Å². The number of nitro groups is 1. The number of carbonyl (C=O) groups is 1. The van der Waals surface area contributed by atoms with Crippen LogP contribution in [0.3, 0.4) is 0 Å². The molecule has 0 atom stereocenters. The van der Waals surface area contributed by atoms with Crippen molar-refractivity contribution >= 4 is 34.8 Å². The highest BCUT2D eigenvalue weighted by Crippen LogP contribution is 2.24. The van der Waals surface area contributed by atoms with Crippen LogP contribution in [0.2, 0.25) is 10.0 Å². The fourth-order valence-corrected chi connectivity index (χ4v) is 2.68. The van der Waals surface area contributed by atoms with Crippen LogP contribution in [0, 0.1) is 17.0 Å². The Hall–Kier alpha value is -2.11. The van der Waals surface area contributed by atoms with Crippen LogP contribution in [0.4, 0.5) is 5.69 Å². The molecule has 0 aliphatic carbocycles. The standard InChI is InChI=1S/C17H16Cl2N2O3/c1-3-20(10-12-4-6-14(18)15(19)9-12)17(22)13-5-7-16(21(23)24)11(2)8-13/h4-9H,3,10H2,1-2H3. The molecule has 0 radical (unpaired) electrons. The molecule has 0 fully saturated rings. The molecule has 1 amide bonds. The summed E-state index contributed by atoms with van der Waals surface area (Å²) in [5.74, 6) is -0.193. The second-order valence-corrected chi connectivity index (χ2v) is 6.14. The molecule has 0 aliphatic rings. The summed E-state index contributed by atoms with van der Waals surface area (Å²) in [4.78, 5) is 24.7. The Bertz CT molecular complexity index is 793. The lowest BCUT2D eigenvalue weighted by atomic mass is 10.1. The van der Waals surface area contributed by atoms with Crippen LogP contribution in [0.5, 0.6) is 0 Å². The van der Waals surface area contributed by atoms with Crippen LogP contribution in [0.25, 0.3) is 0 Å². The number of nitro benzene ring substituents is 1. The molecule has 126 valence electrons. The van der Waals surface area contributed by atoms with Gasteiger partial charge in [0.05, 0.1) is 15.0 Å². The number of benzene rings is 2. The molecule has 0 saturated carbocycles. The SMILES string of the molecule is CCN(Cc1ccc(Cl)c(Cl)c1)C(=O)c1ccc([N+](=O)[O-])c(C)c1. The van der Waals surface area contributed by atoms with Crippen molar-refractivity contribution < 1.29 is 9.72 Å². The lowest BCUT2D eigenvalue weighted by molar-refractivity contribution is -0.385. The van der Waals surface area contributed by atoms with Gasteiger partial charge in [0.2, 0.25) is 0 Å². The zero-order valence-corrected chi connectivity index (χ0v) is 14.8. The van der Waals surface area contributed by atoms with Crippen molar-refractivity contribution in [1.29, 1.82) is 0 Å². The zero-order chi connectivity index (χ0) is 17.9. The molecule has 2 aromatic rings. The van der Waals surface area contributed by atoms with Crippen LogP contribution in [0.15, 0.2) is 36.4 Å². The molecule has 2 aromatic carbocycles. The van der Waals surface area contributed by atoms with E-state index in [9.17, 15) is 14.9 Å². The minimum Gasteiger partial charge on any atom is -0.335 e. The smallest absolute Gasteiger partial charge is 0.272 e. The van der Waals surface area contributed by atoms with E-state index in [0.717, 1.165) is 5.56 Å². The summed E-state index contributed by atoms with van der Waals surface area (Å²) in [6, 6.07) is 9.60.